The maximum absolute atomic E-state index is 12.3. The highest BCUT2D eigenvalue weighted by molar-refractivity contribution is 7.15. The first-order valence-corrected chi connectivity index (χ1v) is 8.65. The summed E-state index contributed by atoms with van der Waals surface area (Å²) < 4.78 is 1.99. The molecule has 0 spiro atoms. The van der Waals surface area contributed by atoms with E-state index in [-0.39, 0.29) is 12.5 Å². The molecular weight excluding hydrogens is 334 g/mol. The molecule has 6 heteroatoms. The monoisotopic (exact) mass is 349 g/mol. The normalized spacial score (nSPS) is 10.9. The van der Waals surface area contributed by atoms with Gasteiger partial charge < -0.3 is 10.4 Å². The number of hydrogen-bond acceptors (Lipinski definition) is 4. The zero-order chi connectivity index (χ0) is 17.2. The predicted molar refractivity (Wildman–Crippen MR) is 98.8 cm³/mol. The molecule has 0 aliphatic heterocycles. The van der Waals surface area contributed by atoms with Gasteiger partial charge in [-0.2, -0.15) is 0 Å². The molecule has 0 aliphatic carbocycles. The van der Waals surface area contributed by atoms with Crippen LogP contribution in [0.4, 0.5) is 5.69 Å². The highest BCUT2D eigenvalue weighted by Crippen LogP contribution is 2.23. The Labute approximate surface area is 148 Å². The molecule has 25 heavy (non-hydrogen) atoms. The van der Waals surface area contributed by atoms with Gasteiger partial charge in [0.2, 0.25) is 0 Å². The molecule has 0 saturated carbocycles. The quantitative estimate of drug-likeness (QED) is 0.589. The Balaban J connectivity index is 1.51. The summed E-state index contributed by atoms with van der Waals surface area (Å²) in [7, 11) is 0. The number of amides is 1. The van der Waals surface area contributed by atoms with Gasteiger partial charge in [-0.15, -0.1) is 11.3 Å². The van der Waals surface area contributed by atoms with Gasteiger partial charge in [0, 0.05) is 34.6 Å². The van der Waals surface area contributed by atoms with E-state index in [1.165, 1.54) is 0 Å². The smallest absolute Gasteiger partial charge is 0.255 e. The third kappa shape index (κ3) is 3.17. The van der Waals surface area contributed by atoms with E-state index in [9.17, 15) is 9.90 Å². The van der Waals surface area contributed by atoms with E-state index in [0.29, 0.717) is 16.8 Å². The van der Waals surface area contributed by atoms with E-state index in [1.807, 2.05) is 46.4 Å². The number of carbonyl (C=O) groups is 1. The summed E-state index contributed by atoms with van der Waals surface area (Å²) >= 11 is 1.59. The van der Waals surface area contributed by atoms with Crippen LogP contribution in [0.5, 0.6) is 0 Å². The van der Waals surface area contributed by atoms with E-state index in [4.69, 9.17) is 0 Å². The molecule has 0 aliphatic rings. The van der Waals surface area contributed by atoms with Crippen molar-refractivity contribution in [2.75, 3.05) is 5.32 Å². The summed E-state index contributed by atoms with van der Waals surface area (Å²) in [5, 5.41) is 14.0. The fourth-order valence-electron chi connectivity index (χ4n) is 2.61. The Morgan fingerprint density at radius 1 is 1.20 bits per heavy atom. The maximum atomic E-state index is 12.3. The molecule has 0 unspecified atom stereocenters. The minimum Gasteiger partial charge on any atom is -0.392 e. The molecule has 2 aromatic heterocycles. The topological polar surface area (TPSA) is 66.6 Å². The number of carbonyl (C=O) groups excluding carboxylic acids is 1. The number of benzene rings is 2. The van der Waals surface area contributed by atoms with Crippen molar-refractivity contribution in [3.8, 4) is 11.3 Å². The number of thiazole rings is 1. The molecule has 4 aromatic rings. The van der Waals surface area contributed by atoms with Gasteiger partial charge >= 0.3 is 0 Å². The number of hydrogen-bond donors (Lipinski definition) is 2. The largest absolute Gasteiger partial charge is 0.392 e. The lowest BCUT2D eigenvalue weighted by Gasteiger charge is -2.07. The fraction of sp³-hybridized carbons (Fsp3) is 0.0526. The predicted octanol–water partition coefficient (Wildman–Crippen LogP) is 3.81. The second-order valence-corrected chi connectivity index (χ2v) is 6.48. The number of fused-ring (bicyclic) bond motifs is 1. The number of aromatic nitrogens is 2. The molecule has 0 saturated heterocycles. The third-order valence-electron chi connectivity index (χ3n) is 3.90. The molecule has 0 bridgehead atoms. The first-order chi connectivity index (χ1) is 12.2. The second-order valence-electron chi connectivity index (χ2n) is 5.61. The van der Waals surface area contributed by atoms with E-state index >= 15 is 0 Å². The Morgan fingerprint density at radius 3 is 2.80 bits per heavy atom. The summed E-state index contributed by atoms with van der Waals surface area (Å²) in [5.74, 6) is -0.203. The van der Waals surface area contributed by atoms with E-state index in [1.54, 1.807) is 35.6 Å². The number of nitrogens with zero attached hydrogens (tertiary/aromatic N) is 2. The Bertz CT molecular complexity index is 1010. The summed E-state index contributed by atoms with van der Waals surface area (Å²) in [6.07, 6.45) is 3.96. The molecule has 124 valence electrons. The molecule has 2 heterocycles. The Kier molecular flexibility index (Phi) is 4.05. The van der Waals surface area contributed by atoms with Crippen molar-refractivity contribution < 1.29 is 9.90 Å². The molecular formula is C19H15N3O2S. The molecule has 1 amide bonds. The average Bonchev–Trinajstić information content (AvgIpc) is 3.24. The first-order valence-electron chi connectivity index (χ1n) is 7.77. The van der Waals surface area contributed by atoms with Crippen molar-refractivity contribution in [1.82, 2.24) is 9.38 Å². The summed E-state index contributed by atoms with van der Waals surface area (Å²) in [5.41, 5.74) is 3.84. The molecule has 2 N–H and O–H groups in total. The van der Waals surface area contributed by atoms with Crippen LogP contribution in [-0.4, -0.2) is 20.4 Å². The van der Waals surface area contributed by atoms with Gasteiger partial charge in [-0.1, -0.05) is 24.3 Å². The fourth-order valence-corrected chi connectivity index (χ4v) is 3.31. The van der Waals surface area contributed by atoms with Gasteiger partial charge in [0.25, 0.3) is 5.91 Å². The summed E-state index contributed by atoms with van der Waals surface area (Å²) in [6, 6.07) is 14.5. The van der Waals surface area contributed by atoms with Crippen LogP contribution in [0.15, 0.2) is 66.3 Å². The molecule has 2 aromatic carbocycles. The lowest BCUT2D eigenvalue weighted by atomic mass is 10.1. The van der Waals surface area contributed by atoms with Crippen molar-refractivity contribution in [2.24, 2.45) is 0 Å². The van der Waals surface area contributed by atoms with Crippen molar-refractivity contribution >= 4 is 27.9 Å². The second kappa shape index (κ2) is 6.51. The molecule has 0 fully saturated rings. The number of anilines is 1. The summed E-state index contributed by atoms with van der Waals surface area (Å²) in [6.45, 7) is -0.0854. The zero-order valence-corrected chi connectivity index (χ0v) is 14.0. The number of rotatable bonds is 4. The van der Waals surface area contributed by atoms with Gasteiger partial charge in [0.1, 0.15) is 0 Å². The average molecular weight is 349 g/mol. The zero-order valence-electron chi connectivity index (χ0n) is 13.2. The first kappa shape index (κ1) is 15.6. The Morgan fingerprint density at radius 2 is 2.04 bits per heavy atom. The van der Waals surface area contributed by atoms with Crippen molar-refractivity contribution in [1.29, 1.82) is 0 Å². The van der Waals surface area contributed by atoms with E-state index in [2.05, 4.69) is 10.3 Å². The lowest BCUT2D eigenvalue weighted by molar-refractivity contribution is 0.102. The van der Waals surface area contributed by atoms with Crippen LogP contribution in [0.1, 0.15) is 15.9 Å². The van der Waals surface area contributed by atoms with Crippen molar-refractivity contribution in [2.45, 2.75) is 6.61 Å². The number of imidazole rings is 1. The molecule has 0 radical (unpaired) electrons. The Hall–Kier alpha value is -2.96. The van der Waals surface area contributed by atoms with E-state index < -0.39 is 0 Å². The van der Waals surface area contributed by atoms with Crippen LogP contribution in [-0.2, 0) is 6.61 Å². The van der Waals surface area contributed by atoms with Crippen LogP contribution in [0.3, 0.4) is 0 Å². The highest BCUT2D eigenvalue weighted by atomic mass is 32.1. The van der Waals surface area contributed by atoms with Crippen molar-refractivity contribution in [3.05, 3.63) is 77.4 Å². The van der Waals surface area contributed by atoms with Crippen LogP contribution in [0.2, 0.25) is 0 Å². The number of aliphatic hydroxyl groups excluding tert-OH is 1. The summed E-state index contributed by atoms with van der Waals surface area (Å²) in [4.78, 5) is 17.8. The van der Waals surface area contributed by atoms with Gasteiger partial charge in [-0.05, 0) is 29.8 Å². The lowest BCUT2D eigenvalue weighted by Crippen LogP contribution is -2.12. The minimum atomic E-state index is -0.203. The van der Waals surface area contributed by atoms with Gasteiger partial charge in [-0.25, -0.2) is 4.98 Å². The number of nitrogens with one attached hydrogen (secondary N) is 1. The van der Waals surface area contributed by atoms with Gasteiger partial charge in [-0.3, -0.25) is 9.20 Å². The molecule has 5 nitrogen and oxygen atoms in total. The molecule has 4 rings (SSSR count). The van der Waals surface area contributed by atoms with Crippen molar-refractivity contribution in [3.63, 3.8) is 0 Å². The highest BCUT2D eigenvalue weighted by Gasteiger charge is 2.08. The maximum Gasteiger partial charge on any atom is 0.255 e. The minimum absolute atomic E-state index is 0.0854. The van der Waals surface area contributed by atoms with Crippen LogP contribution in [0, 0.1) is 0 Å². The van der Waals surface area contributed by atoms with E-state index in [0.717, 1.165) is 16.2 Å². The van der Waals surface area contributed by atoms with Crippen LogP contribution >= 0.6 is 11.3 Å². The standard InChI is InChI=1S/C19H15N3O2S/c23-12-13-2-1-3-15(10-13)18(24)20-16-6-4-14(5-7-16)17-11-22-8-9-25-19(22)21-17/h1-11,23H,12H2,(H,20,24). The third-order valence-corrected chi connectivity index (χ3v) is 4.67. The molecule has 0 atom stereocenters. The van der Waals surface area contributed by atoms with Crippen LogP contribution < -0.4 is 5.32 Å². The number of aliphatic hydroxyl groups is 1. The van der Waals surface area contributed by atoms with Gasteiger partial charge in [0.15, 0.2) is 4.96 Å². The van der Waals surface area contributed by atoms with Crippen LogP contribution in [0.25, 0.3) is 16.2 Å². The SMILES string of the molecule is O=C(Nc1ccc(-c2cn3ccsc3n2)cc1)c1cccc(CO)c1. The van der Waals surface area contributed by atoms with Gasteiger partial charge in [0.05, 0.1) is 12.3 Å².